The van der Waals surface area contributed by atoms with Crippen LogP contribution >= 0.6 is 0 Å². The van der Waals surface area contributed by atoms with E-state index in [0.717, 1.165) is 0 Å². The highest BCUT2D eigenvalue weighted by Crippen LogP contribution is 2.01. The number of hydrogen-bond acceptors (Lipinski definition) is 2. The second-order valence-electron chi connectivity index (χ2n) is 3.61. The lowest BCUT2D eigenvalue weighted by Gasteiger charge is -2.21. The molecular weight excluding hydrogens is 220 g/mol. The summed E-state index contributed by atoms with van der Waals surface area (Å²) >= 11 is 0. The van der Waals surface area contributed by atoms with Crippen molar-refractivity contribution >= 4 is 12.0 Å². The molecule has 0 spiro atoms. The van der Waals surface area contributed by atoms with Crippen LogP contribution in [0, 0.1) is 5.92 Å². The van der Waals surface area contributed by atoms with E-state index in [1.54, 1.807) is 19.1 Å². The van der Waals surface area contributed by atoms with E-state index < -0.39 is 11.9 Å². The summed E-state index contributed by atoms with van der Waals surface area (Å²) in [5.74, 6) is -1.44. The molecule has 0 aliphatic rings. The smallest absolute Gasteiger partial charge is 0.317 e. The van der Waals surface area contributed by atoms with Crippen LogP contribution in [0.15, 0.2) is 25.3 Å². The Kier molecular flexibility index (Phi) is 7.50. The first-order valence-corrected chi connectivity index (χ1v) is 5.54. The zero-order chi connectivity index (χ0) is 13.3. The minimum atomic E-state index is -0.896. The molecule has 96 valence electrons. The number of carbonyl (C=O) groups is 2. The van der Waals surface area contributed by atoms with Crippen molar-refractivity contribution in [3.8, 4) is 0 Å². The molecule has 2 amide bonds. The second kappa shape index (κ2) is 8.38. The van der Waals surface area contributed by atoms with Crippen LogP contribution in [0.5, 0.6) is 0 Å². The molecule has 17 heavy (non-hydrogen) atoms. The van der Waals surface area contributed by atoms with Gasteiger partial charge in [0, 0.05) is 19.6 Å². The minimum absolute atomic E-state index is 0.134. The molecule has 0 saturated heterocycles. The quantitative estimate of drug-likeness (QED) is 0.631. The van der Waals surface area contributed by atoms with Crippen LogP contribution in [0.4, 0.5) is 4.79 Å². The van der Waals surface area contributed by atoms with E-state index in [4.69, 9.17) is 5.11 Å². The van der Waals surface area contributed by atoms with Gasteiger partial charge in [0.1, 0.15) is 0 Å². The second-order valence-corrected chi connectivity index (χ2v) is 3.61. The van der Waals surface area contributed by atoms with Crippen molar-refractivity contribution < 1.29 is 14.7 Å². The van der Waals surface area contributed by atoms with Crippen molar-refractivity contribution in [1.29, 1.82) is 0 Å². The third-order valence-corrected chi connectivity index (χ3v) is 2.33. The number of carboxylic acids is 1. The molecule has 0 aromatic carbocycles. The fourth-order valence-corrected chi connectivity index (χ4v) is 1.28. The molecular formula is C12H20N2O3. The number of carbonyl (C=O) groups excluding carboxylic acids is 1. The van der Waals surface area contributed by atoms with Gasteiger partial charge in [-0.1, -0.05) is 19.1 Å². The normalized spacial score (nSPS) is 11.4. The van der Waals surface area contributed by atoms with E-state index in [2.05, 4.69) is 18.5 Å². The molecule has 0 radical (unpaired) electrons. The zero-order valence-electron chi connectivity index (χ0n) is 10.2. The molecule has 1 atom stereocenters. The minimum Gasteiger partial charge on any atom is -0.481 e. The molecule has 0 bridgehead atoms. The Hall–Kier alpha value is -1.78. The molecule has 1 unspecified atom stereocenters. The van der Waals surface area contributed by atoms with Gasteiger partial charge in [-0.2, -0.15) is 0 Å². The van der Waals surface area contributed by atoms with Crippen LogP contribution < -0.4 is 5.32 Å². The third kappa shape index (κ3) is 5.75. The molecule has 5 nitrogen and oxygen atoms in total. The number of carboxylic acid groups (broad SMARTS) is 1. The summed E-state index contributed by atoms with van der Waals surface area (Å²) < 4.78 is 0. The van der Waals surface area contributed by atoms with Gasteiger partial charge in [0.25, 0.3) is 0 Å². The van der Waals surface area contributed by atoms with Crippen molar-refractivity contribution in [3.05, 3.63) is 25.3 Å². The van der Waals surface area contributed by atoms with Crippen LogP contribution in [0.2, 0.25) is 0 Å². The number of amides is 2. The van der Waals surface area contributed by atoms with E-state index in [9.17, 15) is 9.59 Å². The molecule has 5 heteroatoms. The van der Waals surface area contributed by atoms with Crippen LogP contribution in [-0.2, 0) is 4.79 Å². The maximum atomic E-state index is 11.7. The Bertz CT molecular complexity index is 279. The molecule has 0 aliphatic carbocycles. The Morgan fingerprint density at radius 1 is 1.35 bits per heavy atom. The van der Waals surface area contributed by atoms with Gasteiger partial charge >= 0.3 is 12.0 Å². The van der Waals surface area contributed by atoms with Crippen LogP contribution in [0.25, 0.3) is 0 Å². The van der Waals surface area contributed by atoms with Crippen LogP contribution in [-0.4, -0.2) is 41.6 Å². The third-order valence-electron chi connectivity index (χ3n) is 2.33. The predicted octanol–water partition coefficient (Wildman–Crippen LogP) is 1.48. The van der Waals surface area contributed by atoms with E-state index in [-0.39, 0.29) is 12.6 Å². The van der Waals surface area contributed by atoms with Gasteiger partial charge in [-0.25, -0.2) is 4.79 Å². The van der Waals surface area contributed by atoms with Gasteiger partial charge in [0.15, 0.2) is 0 Å². The van der Waals surface area contributed by atoms with Gasteiger partial charge in [-0.15, -0.1) is 13.2 Å². The summed E-state index contributed by atoms with van der Waals surface area (Å²) in [5, 5.41) is 11.4. The van der Waals surface area contributed by atoms with Gasteiger partial charge in [0.2, 0.25) is 0 Å². The van der Waals surface area contributed by atoms with E-state index in [0.29, 0.717) is 19.5 Å². The lowest BCUT2D eigenvalue weighted by molar-refractivity contribution is -0.141. The largest absolute Gasteiger partial charge is 0.481 e. The van der Waals surface area contributed by atoms with Crippen LogP contribution in [0.1, 0.15) is 13.3 Å². The van der Waals surface area contributed by atoms with Crippen molar-refractivity contribution in [1.82, 2.24) is 10.2 Å². The molecule has 2 N–H and O–H groups in total. The standard InChI is InChI=1S/C12H20N2O3/c1-4-7-14(8-5-2)12(17)13-9-10(6-3)11(15)16/h4-5,10H,1-2,6-9H2,3H3,(H,13,17)(H,15,16). The summed E-state index contributed by atoms with van der Waals surface area (Å²) in [6.45, 7) is 9.83. The number of hydrogen-bond donors (Lipinski definition) is 2. The topological polar surface area (TPSA) is 69.6 Å². The zero-order valence-corrected chi connectivity index (χ0v) is 10.2. The molecule has 0 rings (SSSR count). The van der Waals surface area contributed by atoms with Crippen molar-refractivity contribution in [2.24, 2.45) is 5.92 Å². The summed E-state index contributed by atoms with van der Waals surface area (Å²) in [7, 11) is 0. The molecule has 0 aliphatic heterocycles. The number of aliphatic carboxylic acids is 1. The Morgan fingerprint density at radius 3 is 2.24 bits per heavy atom. The first-order valence-electron chi connectivity index (χ1n) is 5.54. The van der Waals surface area contributed by atoms with Gasteiger partial charge in [0.05, 0.1) is 5.92 Å². The van der Waals surface area contributed by atoms with E-state index in [1.165, 1.54) is 4.90 Å². The molecule has 0 heterocycles. The number of nitrogens with one attached hydrogen (secondary N) is 1. The summed E-state index contributed by atoms with van der Waals surface area (Å²) in [6.07, 6.45) is 3.70. The molecule has 0 aromatic heterocycles. The first kappa shape index (κ1) is 15.2. The van der Waals surface area contributed by atoms with Crippen LogP contribution in [0.3, 0.4) is 0 Å². The van der Waals surface area contributed by atoms with Crippen molar-refractivity contribution in [2.45, 2.75) is 13.3 Å². The molecule has 0 aromatic rings. The Balaban J connectivity index is 4.24. The lowest BCUT2D eigenvalue weighted by Crippen LogP contribution is -2.43. The van der Waals surface area contributed by atoms with Gasteiger partial charge in [-0.3, -0.25) is 4.79 Å². The highest BCUT2D eigenvalue weighted by molar-refractivity contribution is 5.76. The van der Waals surface area contributed by atoms with Gasteiger partial charge in [-0.05, 0) is 6.42 Å². The highest BCUT2D eigenvalue weighted by atomic mass is 16.4. The Morgan fingerprint density at radius 2 is 1.88 bits per heavy atom. The number of urea groups is 1. The monoisotopic (exact) mass is 240 g/mol. The number of nitrogens with zero attached hydrogens (tertiary/aromatic N) is 1. The average Bonchev–Trinajstić information content (AvgIpc) is 2.28. The predicted molar refractivity (Wildman–Crippen MR) is 66.8 cm³/mol. The molecule has 0 saturated carbocycles. The van der Waals surface area contributed by atoms with Crippen molar-refractivity contribution in [3.63, 3.8) is 0 Å². The lowest BCUT2D eigenvalue weighted by atomic mass is 10.1. The SMILES string of the molecule is C=CCN(CC=C)C(=O)NCC(CC)C(=O)O. The molecule has 0 fully saturated rings. The average molecular weight is 240 g/mol. The number of rotatable bonds is 8. The fraction of sp³-hybridized carbons (Fsp3) is 0.500. The summed E-state index contributed by atoms with van der Waals surface area (Å²) in [4.78, 5) is 24.0. The Labute approximate surface area is 102 Å². The summed E-state index contributed by atoms with van der Waals surface area (Å²) in [6, 6.07) is -0.301. The maximum absolute atomic E-state index is 11.7. The summed E-state index contributed by atoms with van der Waals surface area (Å²) in [5.41, 5.74) is 0. The maximum Gasteiger partial charge on any atom is 0.317 e. The first-order chi connectivity index (χ1) is 8.06. The van der Waals surface area contributed by atoms with E-state index in [1.807, 2.05) is 0 Å². The highest BCUT2D eigenvalue weighted by Gasteiger charge is 2.17. The van der Waals surface area contributed by atoms with Crippen molar-refractivity contribution in [2.75, 3.05) is 19.6 Å². The van der Waals surface area contributed by atoms with E-state index >= 15 is 0 Å². The van der Waals surface area contributed by atoms with Gasteiger partial charge < -0.3 is 15.3 Å². The fourth-order valence-electron chi connectivity index (χ4n) is 1.28.